The zero-order chi connectivity index (χ0) is 18.1. The molecule has 0 aliphatic heterocycles. The summed E-state index contributed by atoms with van der Waals surface area (Å²) in [6, 6.07) is 13.8. The molecule has 2 rings (SSSR count). The van der Waals surface area contributed by atoms with Gasteiger partial charge in [-0.25, -0.2) is 0 Å². The molecular formula is C18H19F2NO3S. The Balaban J connectivity index is 1.72. The van der Waals surface area contributed by atoms with Crippen molar-refractivity contribution in [3.05, 3.63) is 54.1 Å². The van der Waals surface area contributed by atoms with E-state index in [0.717, 1.165) is 11.3 Å². The predicted molar refractivity (Wildman–Crippen MR) is 95.7 cm³/mol. The average Bonchev–Trinajstić information content (AvgIpc) is 2.57. The summed E-state index contributed by atoms with van der Waals surface area (Å²) in [6.45, 7) is -0.492. The highest BCUT2D eigenvalue weighted by Gasteiger charge is 2.11. The van der Waals surface area contributed by atoms with Gasteiger partial charge in [0.1, 0.15) is 11.5 Å². The molecule has 0 aliphatic carbocycles. The molecule has 0 aliphatic rings. The van der Waals surface area contributed by atoms with Crippen LogP contribution in [0, 0.1) is 6.92 Å². The zero-order valence-corrected chi connectivity index (χ0v) is 14.5. The maximum absolute atomic E-state index is 12.3. The second kappa shape index (κ2) is 9.88. The van der Waals surface area contributed by atoms with E-state index in [0.29, 0.717) is 12.4 Å². The third-order valence-electron chi connectivity index (χ3n) is 3.19. The van der Waals surface area contributed by atoms with E-state index < -0.39 is 6.61 Å². The fraction of sp³-hybridized carbons (Fsp3) is 0.278. The topological polar surface area (TPSA) is 47.6 Å². The lowest BCUT2D eigenvalue weighted by Crippen LogP contribution is -2.16. The number of halogens is 2. The maximum Gasteiger partial charge on any atom is 0.387 e. The molecule has 1 amide bonds. The number of benzene rings is 2. The van der Waals surface area contributed by atoms with Crippen molar-refractivity contribution in [3.63, 3.8) is 0 Å². The number of ether oxygens (including phenoxy) is 2. The lowest BCUT2D eigenvalue weighted by atomic mass is 10.2. The summed E-state index contributed by atoms with van der Waals surface area (Å²) in [4.78, 5) is 11.9. The average molecular weight is 367 g/mol. The van der Waals surface area contributed by atoms with Crippen LogP contribution >= 0.6 is 11.8 Å². The van der Waals surface area contributed by atoms with Crippen LogP contribution in [0.2, 0.25) is 0 Å². The predicted octanol–water partition coefficient (Wildman–Crippen LogP) is 4.35. The van der Waals surface area contributed by atoms with Crippen molar-refractivity contribution in [1.29, 1.82) is 0 Å². The maximum atomic E-state index is 12.3. The minimum Gasteiger partial charge on any atom is -0.492 e. The molecule has 2 aromatic carbocycles. The molecule has 0 aromatic heterocycles. The van der Waals surface area contributed by atoms with Crippen LogP contribution < -0.4 is 14.8 Å². The second-order valence-electron chi connectivity index (χ2n) is 5.09. The first kappa shape index (κ1) is 19.1. The highest BCUT2D eigenvalue weighted by Crippen LogP contribution is 2.25. The van der Waals surface area contributed by atoms with E-state index in [9.17, 15) is 13.6 Å². The van der Waals surface area contributed by atoms with Crippen LogP contribution in [0.25, 0.3) is 0 Å². The van der Waals surface area contributed by atoms with Crippen LogP contribution in [-0.2, 0) is 4.79 Å². The summed E-state index contributed by atoms with van der Waals surface area (Å²) < 4.78 is 34.7. The van der Waals surface area contributed by atoms with Crippen LogP contribution in [0.15, 0.2) is 48.5 Å². The van der Waals surface area contributed by atoms with Gasteiger partial charge >= 0.3 is 6.61 Å². The fourth-order valence-corrected chi connectivity index (χ4v) is 2.65. The molecule has 0 unspecified atom stereocenters. The van der Waals surface area contributed by atoms with Crippen LogP contribution in [0.1, 0.15) is 5.56 Å². The lowest BCUT2D eigenvalue weighted by Gasteiger charge is -2.11. The van der Waals surface area contributed by atoms with Crippen molar-refractivity contribution in [3.8, 4) is 11.5 Å². The van der Waals surface area contributed by atoms with Gasteiger partial charge in [0.15, 0.2) is 0 Å². The molecule has 0 bridgehead atoms. The van der Waals surface area contributed by atoms with Gasteiger partial charge in [-0.1, -0.05) is 30.3 Å². The number of nitrogens with one attached hydrogen (secondary N) is 1. The largest absolute Gasteiger partial charge is 0.492 e. The first-order chi connectivity index (χ1) is 12.1. The Labute approximate surface area is 149 Å². The highest BCUT2D eigenvalue weighted by molar-refractivity contribution is 7.99. The van der Waals surface area contributed by atoms with E-state index in [1.54, 1.807) is 12.1 Å². The molecule has 7 heteroatoms. The van der Waals surface area contributed by atoms with Gasteiger partial charge in [0, 0.05) is 5.75 Å². The first-order valence-corrected chi connectivity index (χ1v) is 8.81. The van der Waals surface area contributed by atoms with Gasteiger partial charge in [-0.05, 0) is 30.7 Å². The molecule has 0 spiro atoms. The third-order valence-corrected chi connectivity index (χ3v) is 4.11. The standard InChI is InChI=1S/C18H19F2NO3S/c1-13-6-2-4-8-15(13)23-10-11-25-12-17(22)21-14-7-3-5-9-16(14)24-18(19)20/h2-9,18H,10-12H2,1H3,(H,21,22). The van der Waals surface area contributed by atoms with E-state index in [-0.39, 0.29) is 23.1 Å². The molecule has 0 heterocycles. The number of thioether (sulfide) groups is 1. The molecule has 0 fully saturated rings. The Morgan fingerprint density at radius 3 is 2.52 bits per heavy atom. The number of anilines is 1. The molecule has 0 saturated heterocycles. The fourth-order valence-electron chi connectivity index (χ4n) is 2.05. The summed E-state index contributed by atoms with van der Waals surface area (Å²) in [6.07, 6.45) is 0. The smallest absolute Gasteiger partial charge is 0.387 e. The van der Waals surface area contributed by atoms with E-state index in [1.165, 1.54) is 23.9 Å². The minimum atomic E-state index is -2.94. The number of alkyl halides is 2. The molecule has 25 heavy (non-hydrogen) atoms. The van der Waals surface area contributed by atoms with Gasteiger partial charge in [-0.2, -0.15) is 8.78 Å². The van der Waals surface area contributed by atoms with Gasteiger partial charge in [-0.3, -0.25) is 4.79 Å². The van der Waals surface area contributed by atoms with Gasteiger partial charge in [0.2, 0.25) is 5.91 Å². The monoisotopic (exact) mass is 367 g/mol. The van der Waals surface area contributed by atoms with E-state index in [1.807, 2.05) is 31.2 Å². The van der Waals surface area contributed by atoms with Crippen molar-refractivity contribution in [2.24, 2.45) is 0 Å². The van der Waals surface area contributed by atoms with Gasteiger partial charge in [0.05, 0.1) is 18.0 Å². The number of carbonyl (C=O) groups is 1. The van der Waals surface area contributed by atoms with Crippen molar-refractivity contribution >= 4 is 23.4 Å². The molecule has 0 atom stereocenters. The zero-order valence-electron chi connectivity index (χ0n) is 13.7. The van der Waals surface area contributed by atoms with Crippen molar-refractivity contribution in [2.45, 2.75) is 13.5 Å². The summed E-state index contributed by atoms with van der Waals surface area (Å²) in [5.74, 6) is 1.31. The molecule has 2 aromatic rings. The summed E-state index contributed by atoms with van der Waals surface area (Å²) in [5, 5.41) is 2.57. The van der Waals surface area contributed by atoms with E-state index >= 15 is 0 Å². The number of carbonyl (C=O) groups excluding carboxylic acids is 1. The van der Waals surface area contributed by atoms with E-state index in [2.05, 4.69) is 10.1 Å². The van der Waals surface area contributed by atoms with Crippen molar-refractivity contribution in [1.82, 2.24) is 0 Å². The molecule has 0 radical (unpaired) electrons. The quantitative estimate of drug-likeness (QED) is 0.670. The van der Waals surface area contributed by atoms with Gasteiger partial charge < -0.3 is 14.8 Å². The normalized spacial score (nSPS) is 10.6. The van der Waals surface area contributed by atoms with Crippen LogP contribution in [0.3, 0.4) is 0 Å². The number of rotatable bonds is 9. The molecule has 0 saturated carbocycles. The van der Waals surface area contributed by atoms with Crippen molar-refractivity contribution in [2.75, 3.05) is 23.4 Å². The van der Waals surface area contributed by atoms with Crippen LogP contribution in [-0.4, -0.2) is 30.6 Å². The number of para-hydroxylation sites is 3. The Hall–Kier alpha value is -2.28. The van der Waals surface area contributed by atoms with Crippen molar-refractivity contribution < 1.29 is 23.0 Å². The Kier molecular flexibility index (Phi) is 7.53. The summed E-state index contributed by atoms with van der Waals surface area (Å²) in [5.41, 5.74) is 1.28. The van der Waals surface area contributed by atoms with Crippen LogP contribution in [0.5, 0.6) is 11.5 Å². The molecular weight excluding hydrogens is 348 g/mol. The highest BCUT2D eigenvalue weighted by atomic mass is 32.2. The summed E-state index contributed by atoms with van der Waals surface area (Å²) >= 11 is 1.40. The molecule has 1 N–H and O–H groups in total. The Morgan fingerprint density at radius 1 is 1.12 bits per heavy atom. The molecule has 4 nitrogen and oxygen atoms in total. The number of aryl methyl sites for hydroxylation is 1. The number of amides is 1. The minimum absolute atomic E-state index is 0.0567. The Morgan fingerprint density at radius 2 is 1.80 bits per heavy atom. The van der Waals surface area contributed by atoms with E-state index in [4.69, 9.17) is 4.74 Å². The Bertz CT molecular complexity index is 698. The first-order valence-electron chi connectivity index (χ1n) is 7.66. The number of hydrogen-bond acceptors (Lipinski definition) is 4. The molecule has 134 valence electrons. The second-order valence-corrected chi connectivity index (χ2v) is 6.19. The van der Waals surface area contributed by atoms with Crippen LogP contribution in [0.4, 0.5) is 14.5 Å². The van der Waals surface area contributed by atoms with Gasteiger partial charge in [-0.15, -0.1) is 11.8 Å². The third kappa shape index (κ3) is 6.62. The lowest BCUT2D eigenvalue weighted by molar-refractivity contribution is -0.113. The SMILES string of the molecule is Cc1ccccc1OCCSCC(=O)Nc1ccccc1OC(F)F. The number of hydrogen-bond donors (Lipinski definition) is 1. The summed E-state index contributed by atoms with van der Waals surface area (Å²) in [7, 11) is 0. The van der Waals surface area contributed by atoms with Gasteiger partial charge in [0.25, 0.3) is 0 Å².